The van der Waals surface area contributed by atoms with E-state index < -0.39 is 38.5 Å². The number of aryl methyl sites for hydroxylation is 1. The van der Waals surface area contributed by atoms with Crippen LogP contribution in [0.3, 0.4) is 0 Å². The minimum Gasteiger partial charge on any atom is -0.476 e. The summed E-state index contributed by atoms with van der Waals surface area (Å²) in [6.07, 6.45) is 13.5. The second-order valence-corrected chi connectivity index (χ2v) is 23.4. The number of pyridine rings is 2. The number of rotatable bonds is 3. The van der Waals surface area contributed by atoms with Gasteiger partial charge in [-0.2, -0.15) is 0 Å². The SMILES string of the molecule is C[Si](C)(C)c1ccc(-c2[c-]cc(F)cc2)nc1.[2H]C([2H])([2H])c1cnc2c(c1C([2H])([2H])[2H])C(C)(C)C(C)(C)c1c-2[c-]cc2c1oc1c(C3([2H])CCC4(CCCCC4)CC3)cccc12.[Ir]. The average molecular weight is 948 g/mol. The molecule has 0 N–H and O–H groups in total. The van der Waals surface area contributed by atoms with Crippen LogP contribution in [0.1, 0.15) is 129 Å². The van der Waals surface area contributed by atoms with Crippen molar-refractivity contribution in [1.29, 1.82) is 0 Å². The zero-order chi connectivity index (χ0) is 44.8. The Labute approximate surface area is 358 Å². The maximum absolute atomic E-state index is 12.8. The van der Waals surface area contributed by atoms with Crippen molar-refractivity contribution >= 4 is 35.2 Å². The van der Waals surface area contributed by atoms with Crippen LogP contribution in [0.2, 0.25) is 19.6 Å². The molecule has 3 nitrogen and oxygen atoms in total. The molecule has 3 aromatic carbocycles. The molecule has 0 atom stereocenters. The molecule has 2 saturated carbocycles. The molecule has 3 aromatic heterocycles. The van der Waals surface area contributed by atoms with E-state index in [0.717, 1.165) is 64.4 Å². The van der Waals surface area contributed by atoms with Gasteiger partial charge in [0.15, 0.2) is 0 Å². The first-order valence-electron chi connectivity index (χ1n) is 23.5. The zero-order valence-electron chi connectivity index (χ0n) is 40.7. The van der Waals surface area contributed by atoms with Crippen LogP contribution in [0.25, 0.3) is 44.5 Å². The maximum atomic E-state index is 12.8. The smallest absolute Gasteiger partial charge is 0.127 e. The number of furan rings is 1. The molecule has 295 valence electrons. The molecule has 0 unspecified atom stereocenters. The Hall–Kier alpha value is -3.44. The van der Waals surface area contributed by atoms with Crippen LogP contribution in [0.15, 0.2) is 71.4 Å². The first-order chi connectivity index (χ1) is 28.9. The van der Waals surface area contributed by atoms with Crippen LogP contribution in [0.5, 0.6) is 0 Å². The van der Waals surface area contributed by atoms with Gasteiger partial charge in [-0.3, -0.25) is 4.39 Å². The van der Waals surface area contributed by atoms with E-state index >= 15 is 0 Å². The van der Waals surface area contributed by atoms with Crippen LogP contribution in [0, 0.1) is 37.1 Å². The van der Waals surface area contributed by atoms with Gasteiger partial charge in [-0.15, -0.1) is 47.5 Å². The summed E-state index contributed by atoms with van der Waals surface area (Å²) in [6.45, 7) is 9.66. The molecule has 0 amide bonds. The Bertz CT molecular complexity index is 2650. The number of hydrogen-bond acceptors (Lipinski definition) is 3. The average Bonchev–Trinajstić information content (AvgIpc) is 3.59. The van der Waals surface area contributed by atoms with E-state index in [2.05, 4.69) is 73.8 Å². The summed E-state index contributed by atoms with van der Waals surface area (Å²) < 4.78 is 79.1. The molecule has 56 heavy (non-hydrogen) atoms. The molecule has 3 aliphatic rings. The maximum Gasteiger partial charge on any atom is 0.127 e. The molecule has 3 aliphatic carbocycles. The number of halogens is 1. The summed E-state index contributed by atoms with van der Waals surface area (Å²) in [7, 11) is -1.30. The van der Waals surface area contributed by atoms with Gasteiger partial charge >= 0.3 is 0 Å². The van der Waals surface area contributed by atoms with Crippen LogP contribution in [0.4, 0.5) is 4.39 Å². The normalized spacial score (nSPS) is 21.3. The Balaban J connectivity index is 0.000000278. The topological polar surface area (TPSA) is 38.9 Å². The number of hydrogen-bond donors (Lipinski definition) is 0. The minimum atomic E-state index is -2.65. The summed E-state index contributed by atoms with van der Waals surface area (Å²) in [6, 6.07) is 23.0. The van der Waals surface area contributed by atoms with Crippen LogP contribution in [-0.4, -0.2) is 18.0 Å². The van der Waals surface area contributed by atoms with Crippen molar-refractivity contribution in [3.63, 3.8) is 0 Å². The van der Waals surface area contributed by atoms with Crippen LogP contribution in [-0.2, 0) is 30.9 Å². The Morgan fingerprint density at radius 2 is 1.55 bits per heavy atom. The molecule has 9 rings (SSSR count). The minimum absolute atomic E-state index is 0. The van der Waals surface area contributed by atoms with Gasteiger partial charge < -0.3 is 14.4 Å². The van der Waals surface area contributed by atoms with Crippen molar-refractivity contribution < 1.29 is 38.5 Å². The fraction of sp³-hybridized carbons (Fsp3) is 0.440. The fourth-order valence-corrected chi connectivity index (χ4v) is 10.5. The van der Waals surface area contributed by atoms with Crippen molar-refractivity contribution in [2.75, 3.05) is 0 Å². The van der Waals surface area contributed by atoms with Crippen molar-refractivity contribution in [1.82, 2.24) is 9.97 Å². The largest absolute Gasteiger partial charge is 0.476 e. The van der Waals surface area contributed by atoms with Crippen molar-refractivity contribution in [3.05, 3.63) is 113 Å². The number of fused-ring (bicyclic) bond motifs is 7. The van der Waals surface area contributed by atoms with E-state index in [4.69, 9.17) is 12.6 Å². The second kappa shape index (κ2) is 15.1. The molecule has 6 aromatic rings. The summed E-state index contributed by atoms with van der Waals surface area (Å²) in [5.74, 6) is -0.990. The molecule has 0 saturated heterocycles. The zero-order valence-corrected chi connectivity index (χ0v) is 37.1. The van der Waals surface area contributed by atoms with Gasteiger partial charge in [-0.25, -0.2) is 0 Å². The van der Waals surface area contributed by atoms with E-state index in [0.29, 0.717) is 27.8 Å². The molecule has 1 radical (unpaired) electrons. The van der Waals surface area contributed by atoms with Gasteiger partial charge in [-0.1, -0.05) is 119 Å². The molecule has 0 aliphatic heterocycles. The van der Waals surface area contributed by atoms with Crippen molar-refractivity contribution in [2.24, 2.45) is 5.41 Å². The number of para-hydroxylation sites is 1. The molecule has 0 bridgehead atoms. The summed E-state index contributed by atoms with van der Waals surface area (Å²) in [4.78, 5) is 9.08. The molecular weight excluding hydrogens is 884 g/mol. The van der Waals surface area contributed by atoms with E-state index in [1.54, 1.807) is 6.07 Å². The van der Waals surface area contributed by atoms with Gasteiger partial charge in [0, 0.05) is 47.9 Å². The first kappa shape index (κ1) is 32.5. The third-order valence-corrected chi connectivity index (χ3v) is 15.6. The molecule has 3 heterocycles. The summed E-state index contributed by atoms with van der Waals surface area (Å²) >= 11 is 0. The fourth-order valence-electron chi connectivity index (χ4n) is 9.51. The van der Waals surface area contributed by atoms with E-state index in [1.165, 1.54) is 55.6 Å². The molecular formula is C50H57FIrN2OSi-2. The predicted octanol–water partition coefficient (Wildman–Crippen LogP) is 13.5. The first-order valence-corrected chi connectivity index (χ1v) is 23.5. The number of aromatic nitrogens is 2. The van der Waals surface area contributed by atoms with Crippen LogP contribution < -0.4 is 5.19 Å². The predicted molar refractivity (Wildman–Crippen MR) is 229 cm³/mol. The second-order valence-electron chi connectivity index (χ2n) is 18.4. The van der Waals surface area contributed by atoms with E-state index in [1.807, 2.05) is 38.2 Å². The summed E-state index contributed by atoms with van der Waals surface area (Å²) in [5.41, 5.74) is 4.98. The van der Waals surface area contributed by atoms with E-state index in [9.17, 15) is 5.76 Å². The molecule has 2 fully saturated rings. The standard InChI is InChI=1S/C36H42NO.C14H15FNSi.Ir/c1-22-21-37-31-28-14-13-27-26-12-10-11-25(24-15-19-36(20-16-24)17-8-7-9-18-36)32(26)38-33(27)30(28)35(5,6)34(3,4)29(31)23(22)2;1-17(2,3)13-8-9-14(16-10-13)11-4-6-12(15)7-5-11;/h10-13,21,24H,7-9,15-20H2,1-6H3;4,6-10H,1-3H3;/q2*-1;/i1D3,2D3,24D;;. The number of benzene rings is 3. The third kappa shape index (κ3) is 6.96. The van der Waals surface area contributed by atoms with Crippen molar-refractivity contribution in [3.8, 4) is 22.5 Å². The molecule has 1 spiro atoms. The van der Waals surface area contributed by atoms with Gasteiger partial charge in [-0.05, 0) is 107 Å². The summed E-state index contributed by atoms with van der Waals surface area (Å²) in [5, 5.41) is 3.19. The van der Waals surface area contributed by atoms with Gasteiger partial charge in [0.25, 0.3) is 0 Å². The third-order valence-electron chi connectivity index (χ3n) is 13.6. The van der Waals surface area contributed by atoms with Gasteiger partial charge in [0.05, 0.1) is 13.7 Å². The van der Waals surface area contributed by atoms with Gasteiger partial charge in [0.1, 0.15) is 5.58 Å². The van der Waals surface area contributed by atoms with E-state index in [-0.39, 0.29) is 37.0 Å². The Morgan fingerprint density at radius 3 is 2.20 bits per heavy atom. The number of nitrogens with zero attached hydrogens (tertiary/aromatic N) is 2. The van der Waals surface area contributed by atoms with Gasteiger partial charge in [0.2, 0.25) is 0 Å². The Morgan fingerprint density at radius 1 is 0.804 bits per heavy atom. The Kier molecular flexibility index (Phi) is 8.74. The molecule has 6 heteroatoms. The quantitative estimate of drug-likeness (QED) is 0.131. The van der Waals surface area contributed by atoms with Crippen LogP contribution >= 0.6 is 0 Å². The van der Waals surface area contributed by atoms with Crippen molar-refractivity contribution in [2.45, 2.75) is 136 Å². The monoisotopic (exact) mass is 948 g/mol.